The highest BCUT2D eigenvalue weighted by molar-refractivity contribution is 6.30. The molecular formula is C17H18ClN5O2. The second-order valence-corrected chi connectivity index (χ2v) is 6.18. The second-order valence-electron chi connectivity index (χ2n) is 5.75. The molecule has 0 radical (unpaired) electrons. The third-order valence-corrected chi connectivity index (χ3v) is 4.20. The lowest BCUT2D eigenvalue weighted by molar-refractivity contribution is -0.118. The van der Waals surface area contributed by atoms with Gasteiger partial charge in [0.25, 0.3) is 5.91 Å². The van der Waals surface area contributed by atoms with E-state index in [-0.39, 0.29) is 5.91 Å². The highest BCUT2D eigenvalue weighted by atomic mass is 35.5. The minimum atomic E-state index is -0.305. The topological polar surface area (TPSA) is 78.4 Å². The zero-order valence-electron chi connectivity index (χ0n) is 13.8. The molecule has 1 fully saturated rings. The van der Waals surface area contributed by atoms with Crippen LogP contribution in [0.1, 0.15) is 16.3 Å². The quantitative estimate of drug-likeness (QED) is 0.844. The van der Waals surface area contributed by atoms with E-state index in [4.69, 9.17) is 11.6 Å². The highest BCUT2D eigenvalue weighted by Gasteiger charge is 2.19. The molecular weight excluding hydrogens is 342 g/mol. The molecule has 1 N–H and O–H groups in total. The Balaban J connectivity index is 1.75. The summed E-state index contributed by atoms with van der Waals surface area (Å²) in [4.78, 5) is 35.7. The number of carbonyl (C=O) groups excluding carboxylic acids is 2. The lowest BCUT2D eigenvalue weighted by atomic mass is 10.2. The van der Waals surface area contributed by atoms with Gasteiger partial charge in [0.05, 0.1) is 0 Å². The summed E-state index contributed by atoms with van der Waals surface area (Å²) in [6.07, 6.45) is 0.855. The molecule has 0 aliphatic carbocycles. The van der Waals surface area contributed by atoms with Gasteiger partial charge in [0.1, 0.15) is 17.3 Å². The first kappa shape index (κ1) is 17.2. The van der Waals surface area contributed by atoms with Crippen LogP contribution in [0, 0.1) is 6.92 Å². The number of rotatable bonds is 4. The average Bonchev–Trinajstić information content (AvgIpc) is 2.63. The van der Waals surface area contributed by atoms with Gasteiger partial charge in [0.15, 0.2) is 0 Å². The Kier molecular flexibility index (Phi) is 5.14. The van der Waals surface area contributed by atoms with Crippen molar-refractivity contribution in [3.05, 3.63) is 46.9 Å². The second kappa shape index (κ2) is 7.48. The van der Waals surface area contributed by atoms with Gasteiger partial charge in [-0.2, -0.15) is 0 Å². The molecule has 1 aliphatic heterocycles. The average molecular weight is 360 g/mol. The van der Waals surface area contributed by atoms with Gasteiger partial charge >= 0.3 is 0 Å². The predicted octanol–water partition coefficient (Wildman–Crippen LogP) is 1.97. The first-order valence-electron chi connectivity index (χ1n) is 7.92. The zero-order valence-corrected chi connectivity index (χ0v) is 14.5. The van der Waals surface area contributed by atoms with E-state index in [2.05, 4.69) is 15.3 Å². The fraction of sp³-hybridized carbons (Fsp3) is 0.294. The zero-order chi connectivity index (χ0) is 17.8. The SMILES string of the molecule is Cc1nc(C(=O)Nc2ccc(Cl)cc2)cc(N2CCN(C=O)CC2)n1. The third kappa shape index (κ3) is 4.24. The summed E-state index contributed by atoms with van der Waals surface area (Å²) in [6.45, 7) is 4.38. The van der Waals surface area contributed by atoms with Crippen molar-refractivity contribution in [2.24, 2.45) is 0 Å². The molecule has 1 saturated heterocycles. The van der Waals surface area contributed by atoms with Gasteiger partial charge < -0.3 is 15.1 Å². The van der Waals surface area contributed by atoms with E-state index in [1.165, 1.54) is 0 Å². The summed E-state index contributed by atoms with van der Waals surface area (Å²) >= 11 is 5.85. The van der Waals surface area contributed by atoms with E-state index in [1.54, 1.807) is 42.2 Å². The summed E-state index contributed by atoms with van der Waals surface area (Å²) in [7, 11) is 0. The molecule has 25 heavy (non-hydrogen) atoms. The third-order valence-electron chi connectivity index (χ3n) is 3.95. The maximum absolute atomic E-state index is 12.5. The van der Waals surface area contributed by atoms with Crippen LogP contribution in [0.5, 0.6) is 0 Å². The number of hydrogen-bond donors (Lipinski definition) is 1. The van der Waals surface area contributed by atoms with Crippen LogP contribution in [0.15, 0.2) is 30.3 Å². The number of nitrogens with zero attached hydrogens (tertiary/aromatic N) is 4. The molecule has 1 aromatic carbocycles. The molecule has 130 valence electrons. The number of benzene rings is 1. The van der Waals surface area contributed by atoms with Crippen LogP contribution >= 0.6 is 11.6 Å². The van der Waals surface area contributed by atoms with Crippen LogP contribution < -0.4 is 10.2 Å². The number of amides is 2. The molecule has 2 amide bonds. The van der Waals surface area contributed by atoms with Gasteiger partial charge in [0, 0.05) is 43.0 Å². The van der Waals surface area contributed by atoms with Crippen LogP contribution in [0.4, 0.5) is 11.5 Å². The minimum absolute atomic E-state index is 0.301. The first-order valence-corrected chi connectivity index (χ1v) is 8.30. The lowest BCUT2D eigenvalue weighted by Gasteiger charge is -2.33. The standard InChI is InChI=1S/C17H18ClN5O2/c1-12-19-15(17(25)21-14-4-2-13(18)3-5-14)10-16(20-12)23-8-6-22(11-24)7-9-23/h2-5,10-11H,6-9H2,1H3,(H,21,25). The summed E-state index contributed by atoms with van der Waals surface area (Å²) in [5.74, 6) is 0.913. The number of halogens is 1. The molecule has 1 aliphatic rings. The Bertz CT molecular complexity index is 773. The number of piperazine rings is 1. The number of nitrogens with one attached hydrogen (secondary N) is 1. The molecule has 2 aromatic rings. The van der Waals surface area contributed by atoms with Crippen molar-refractivity contribution >= 4 is 35.4 Å². The number of aryl methyl sites for hydroxylation is 1. The Morgan fingerprint density at radius 1 is 1.16 bits per heavy atom. The van der Waals surface area contributed by atoms with E-state index in [9.17, 15) is 9.59 Å². The molecule has 7 nitrogen and oxygen atoms in total. The molecule has 1 aromatic heterocycles. The fourth-order valence-corrected chi connectivity index (χ4v) is 2.74. The van der Waals surface area contributed by atoms with Crippen LogP contribution in [0.2, 0.25) is 5.02 Å². The molecule has 2 heterocycles. The number of aromatic nitrogens is 2. The van der Waals surface area contributed by atoms with Gasteiger partial charge in [-0.05, 0) is 31.2 Å². The summed E-state index contributed by atoms with van der Waals surface area (Å²) < 4.78 is 0. The summed E-state index contributed by atoms with van der Waals surface area (Å²) in [5, 5.41) is 3.40. The maximum Gasteiger partial charge on any atom is 0.274 e. The van der Waals surface area contributed by atoms with Crippen LogP contribution in [-0.4, -0.2) is 53.4 Å². The Hall–Kier alpha value is -2.67. The summed E-state index contributed by atoms with van der Waals surface area (Å²) in [5.41, 5.74) is 0.946. The number of anilines is 2. The van der Waals surface area contributed by atoms with E-state index in [0.29, 0.717) is 54.2 Å². The van der Waals surface area contributed by atoms with Gasteiger partial charge in [-0.3, -0.25) is 9.59 Å². The van der Waals surface area contributed by atoms with Crippen molar-refractivity contribution in [2.45, 2.75) is 6.92 Å². The number of hydrogen-bond acceptors (Lipinski definition) is 5. The molecule has 8 heteroatoms. The van der Waals surface area contributed by atoms with Gasteiger partial charge in [-0.15, -0.1) is 0 Å². The first-order chi connectivity index (χ1) is 12.0. The van der Waals surface area contributed by atoms with Crippen molar-refractivity contribution in [1.82, 2.24) is 14.9 Å². The largest absolute Gasteiger partial charge is 0.353 e. The smallest absolute Gasteiger partial charge is 0.274 e. The molecule has 0 atom stereocenters. The van der Waals surface area contributed by atoms with Crippen LogP contribution in [-0.2, 0) is 4.79 Å². The van der Waals surface area contributed by atoms with E-state index >= 15 is 0 Å². The van der Waals surface area contributed by atoms with Gasteiger partial charge in [-0.25, -0.2) is 9.97 Å². The number of carbonyl (C=O) groups is 2. The van der Waals surface area contributed by atoms with Crippen LogP contribution in [0.25, 0.3) is 0 Å². The highest BCUT2D eigenvalue weighted by Crippen LogP contribution is 2.17. The van der Waals surface area contributed by atoms with E-state index < -0.39 is 0 Å². The molecule has 0 spiro atoms. The van der Waals surface area contributed by atoms with Gasteiger partial charge in [0.2, 0.25) is 6.41 Å². The van der Waals surface area contributed by atoms with Crippen molar-refractivity contribution in [3.63, 3.8) is 0 Å². The monoisotopic (exact) mass is 359 g/mol. The molecule has 3 rings (SSSR count). The predicted molar refractivity (Wildman–Crippen MR) is 96.0 cm³/mol. The van der Waals surface area contributed by atoms with Gasteiger partial charge in [-0.1, -0.05) is 11.6 Å². The van der Waals surface area contributed by atoms with Crippen molar-refractivity contribution in [1.29, 1.82) is 0 Å². The van der Waals surface area contributed by atoms with Crippen LogP contribution in [0.3, 0.4) is 0 Å². The van der Waals surface area contributed by atoms with E-state index in [0.717, 1.165) is 6.41 Å². The lowest BCUT2D eigenvalue weighted by Crippen LogP contribution is -2.46. The normalized spacial score (nSPS) is 14.3. The molecule has 0 unspecified atom stereocenters. The van der Waals surface area contributed by atoms with Crippen molar-refractivity contribution < 1.29 is 9.59 Å². The van der Waals surface area contributed by atoms with Crippen molar-refractivity contribution in [2.75, 3.05) is 36.4 Å². The van der Waals surface area contributed by atoms with E-state index in [1.807, 2.05) is 4.90 Å². The minimum Gasteiger partial charge on any atom is -0.353 e. The maximum atomic E-state index is 12.5. The molecule has 0 saturated carbocycles. The Labute approximate surface area is 150 Å². The van der Waals surface area contributed by atoms with Crippen molar-refractivity contribution in [3.8, 4) is 0 Å². The Morgan fingerprint density at radius 2 is 1.84 bits per heavy atom. The molecule has 0 bridgehead atoms. The fourth-order valence-electron chi connectivity index (χ4n) is 2.62. The Morgan fingerprint density at radius 3 is 2.48 bits per heavy atom. The summed E-state index contributed by atoms with van der Waals surface area (Å²) in [6, 6.07) is 8.55.